The third-order valence-electron chi connectivity index (χ3n) is 3.65. The summed E-state index contributed by atoms with van der Waals surface area (Å²) in [5.74, 6) is -0.766. The Hall–Kier alpha value is -2.23. The van der Waals surface area contributed by atoms with Crippen LogP contribution in [0.1, 0.15) is 35.5 Å². The second-order valence-electron chi connectivity index (χ2n) is 6.30. The highest BCUT2D eigenvalue weighted by Crippen LogP contribution is 2.12. The van der Waals surface area contributed by atoms with Crippen molar-refractivity contribution in [2.75, 3.05) is 13.1 Å². The van der Waals surface area contributed by atoms with Gasteiger partial charge in [-0.05, 0) is 56.0 Å². The third kappa shape index (κ3) is 7.06. The first-order valence-electron chi connectivity index (χ1n) is 8.88. The fourth-order valence-electron chi connectivity index (χ4n) is 2.33. The van der Waals surface area contributed by atoms with Crippen LogP contribution in [0.4, 0.5) is 0 Å². The van der Waals surface area contributed by atoms with Gasteiger partial charge in [0.15, 0.2) is 0 Å². The molecule has 9 heteroatoms. The Morgan fingerprint density at radius 3 is 2.43 bits per heavy atom. The largest absolute Gasteiger partial charge is 0.463 e. The van der Waals surface area contributed by atoms with Crippen molar-refractivity contribution in [2.45, 2.75) is 37.7 Å². The molecule has 152 valence electrons. The molecule has 0 saturated heterocycles. The van der Waals surface area contributed by atoms with Gasteiger partial charge in [0.1, 0.15) is 0 Å². The quantitative estimate of drug-likeness (QED) is 0.570. The van der Waals surface area contributed by atoms with Gasteiger partial charge in [0.25, 0.3) is 5.91 Å². The van der Waals surface area contributed by atoms with Gasteiger partial charge in [0.2, 0.25) is 10.0 Å². The number of carbonyl (C=O) groups is 2. The number of sulfonamides is 1. The molecule has 7 nitrogen and oxygen atoms in total. The van der Waals surface area contributed by atoms with Crippen molar-refractivity contribution in [2.24, 2.45) is 0 Å². The summed E-state index contributed by atoms with van der Waals surface area (Å²) in [4.78, 5) is 24.7. The van der Waals surface area contributed by atoms with E-state index in [1.54, 1.807) is 25.2 Å². The lowest BCUT2D eigenvalue weighted by molar-refractivity contribution is -0.147. The van der Waals surface area contributed by atoms with Gasteiger partial charge in [0.05, 0.1) is 17.4 Å². The van der Waals surface area contributed by atoms with E-state index in [9.17, 15) is 18.0 Å². The summed E-state index contributed by atoms with van der Waals surface area (Å²) in [6.07, 6.45) is 0.498. The number of hydrogen-bond acceptors (Lipinski definition) is 6. The SMILES string of the molecule is CC(C)OC(=O)CCNC(=O)c1ccc(S(=O)(=O)NCCc2cccs2)cc1. The zero-order chi connectivity index (χ0) is 20.6. The Balaban J connectivity index is 1.83. The summed E-state index contributed by atoms with van der Waals surface area (Å²) in [5, 5.41) is 4.55. The monoisotopic (exact) mass is 424 g/mol. The Morgan fingerprint density at radius 2 is 1.82 bits per heavy atom. The van der Waals surface area contributed by atoms with Gasteiger partial charge in [-0.15, -0.1) is 11.3 Å². The maximum atomic E-state index is 12.3. The first-order chi connectivity index (χ1) is 13.3. The van der Waals surface area contributed by atoms with Gasteiger partial charge in [0, 0.05) is 23.5 Å². The average molecular weight is 425 g/mol. The van der Waals surface area contributed by atoms with Crippen LogP contribution in [0.15, 0.2) is 46.7 Å². The predicted molar refractivity (Wildman–Crippen MR) is 108 cm³/mol. The zero-order valence-electron chi connectivity index (χ0n) is 15.8. The maximum Gasteiger partial charge on any atom is 0.307 e. The molecule has 0 aliphatic carbocycles. The number of ether oxygens (including phenoxy) is 1. The molecule has 0 bridgehead atoms. The summed E-state index contributed by atoms with van der Waals surface area (Å²) in [5.41, 5.74) is 0.315. The first kappa shape index (κ1) is 22.1. The predicted octanol–water partition coefficient (Wildman–Crippen LogP) is 2.34. The average Bonchev–Trinajstić information content (AvgIpc) is 3.14. The molecule has 1 amide bonds. The van der Waals surface area contributed by atoms with E-state index >= 15 is 0 Å². The number of thiophene rings is 1. The molecule has 1 aromatic heterocycles. The summed E-state index contributed by atoms with van der Waals surface area (Å²) >= 11 is 1.58. The number of rotatable bonds is 10. The Labute approximate surface area is 169 Å². The van der Waals surface area contributed by atoms with Crippen LogP contribution >= 0.6 is 11.3 Å². The van der Waals surface area contributed by atoms with Crippen molar-refractivity contribution < 1.29 is 22.7 Å². The molecular formula is C19H24N2O5S2. The molecule has 0 aliphatic rings. The van der Waals surface area contributed by atoms with Crippen LogP contribution in [-0.2, 0) is 26.0 Å². The van der Waals surface area contributed by atoms with Crippen LogP contribution in [0.3, 0.4) is 0 Å². The minimum absolute atomic E-state index is 0.0740. The maximum absolute atomic E-state index is 12.3. The van der Waals surface area contributed by atoms with Crippen LogP contribution in [0.25, 0.3) is 0 Å². The number of esters is 1. The highest BCUT2D eigenvalue weighted by atomic mass is 32.2. The summed E-state index contributed by atoms with van der Waals surface area (Å²) < 4.78 is 32.2. The molecule has 0 radical (unpaired) electrons. The van der Waals surface area contributed by atoms with Crippen LogP contribution in [0.5, 0.6) is 0 Å². The molecule has 0 saturated carbocycles. The molecular weight excluding hydrogens is 400 g/mol. The van der Waals surface area contributed by atoms with Crippen molar-refractivity contribution in [3.8, 4) is 0 Å². The van der Waals surface area contributed by atoms with E-state index in [4.69, 9.17) is 4.74 Å². The second-order valence-corrected chi connectivity index (χ2v) is 9.10. The summed E-state index contributed by atoms with van der Waals surface area (Å²) in [6, 6.07) is 9.52. The second kappa shape index (κ2) is 10.4. The third-order valence-corrected chi connectivity index (χ3v) is 6.07. The fourth-order valence-corrected chi connectivity index (χ4v) is 4.08. The molecule has 1 heterocycles. The van der Waals surface area contributed by atoms with Crippen LogP contribution in [0.2, 0.25) is 0 Å². The number of amides is 1. The van der Waals surface area contributed by atoms with E-state index in [-0.39, 0.29) is 35.8 Å². The Kier molecular flexibility index (Phi) is 8.16. The number of hydrogen-bond donors (Lipinski definition) is 2. The van der Waals surface area contributed by atoms with Crippen LogP contribution < -0.4 is 10.0 Å². The Bertz CT molecular complexity index is 876. The minimum Gasteiger partial charge on any atom is -0.463 e. The molecule has 0 aliphatic heterocycles. The Morgan fingerprint density at radius 1 is 1.11 bits per heavy atom. The molecule has 28 heavy (non-hydrogen) atoms. The van der Waals surface area contributed by atoms with Gasteiger partial charge in [-0.2, -0.15) is 0 Å². The van der Waals surface area contributed by atoms with E-state index in [0.29, 0.717) is 18.5 Å². The smallest absolute Gasteiger partial charge is 0.307 e. The zero-order valence-corrected chi connectivity index (χ0v) is 17.4. The van der Waals surface area contributed by atoms with E-state index in [1.165, 1.54) is 24.3 Å². The molecule has 0 unspecified atom stereocenters. The molecule has 0 spiro atoms. The van der Waals surface area contributed by atoms with E-state index in [2.05, 4.69) is 10.0 Å². The van der Waals surface area contributed by atoms with Gasteiger partial charge in [-0.3, -0.25) is 9.59 Å². The van der Waals surface area contributed by atoms with E-state index in [1.807, 2.05) is 17.5 Å². The van der Waals surface area contributed by atoms with Gasteiger partial charge >= 0.3 is 5.97 Å². The summed E-state index contributed by atoms with van der Waals surface area (Å²) in [6.45, 7) is 3.96. The highest BCUT2D eigenvalue weighted by Gasteiger charge is 2.15. The van der Waals surface area contributed by atoms with Crippen molar-refractivity contribution >= 4 is 33.2 Å². The molecule has 2 aromatic rings. The topological polar surface area (TPSA) is 102 Å². The summed E-state index contributed by atoms with van der Waals surface area (Å²) in [7, 11) is -3.63. The minimum atomic E-state index is -3.63. The van der Waals surface area contributed by atoms with E-state index < -0.39 is 10.0 Å². The number of carbonyl (C=O) groups excluding carboxylic acids is 2. The first-order valence-corrected chi connectivity index (χ1v) is 11.2. The van der Waals surface area contributed by atoms with Crippen molar-refractivity contribution in [3.05, 3.63) is 52.2 Å². The van der Waals surface area contributed by atoms with Crippen molar-refractivity contribution in [1.29, 1.82) is 0 Å². The highest BCUT2D eigenvalue weighted by molar-refractivity contribution is 7.89. The van der Waals surface area contributed by atoms with Crippen molar-refractivity contribution in [1.82, 2.24) is 10.0 Å². The lowest BCUT2D eigenvalue weighted by atomic mass is 10.2. The van der Waals surface area contributed by atoms with Gasteiger partial charge in [-0.1, -0.05) is 6.07 Å². The molecule has 0 atom stereocenters. The van der Waals surface area contributed by atoms with Gasteiger partial charge < -0.3 is 10.1 Å². The number of nitrogens with one attached hydrogen (secondary N) is 2. The standard InChI is InChI=1S/C19H24N2O5S2/c1-14(2)26-18(22)10-11-20-19(23)15-5-7-17(8-6-15)28(24,25)21-12-9-16-4-3-13-27-16/h3-8,13-14,21H,9-12H2,1-2H3,(H,20,23). The lowest BCUT2D eigenvalue weighted by Gasteiger charge is -2.09. The number of benzene rings is 1. The molecule has 0 fully saturated rings. The normalized spacial score (nSPS) is 11.4. The molecule has 2 rings (SSSR count). The fraction of sp³-hybridized carbons (Fsp3) is 0.368. The van der Waals surface area contributed by atoms with E-state index in [0.717, 1.165) is 4.88 Å². The lowest BCUT2D eigenvalue weighted by Crippen LogP contribution is -2.28. The molecule has 1 aromatic carbocycles. The van der Waals surface area contributed by atoms with Crippen molar-refractivity contribution in [3.63, 3.8) is 0 Å². The van der Waals surface area contributed by atoms with Gasteiger partial charge in [-0.25, -0.2) is 13.1 Å². The van der Waals surface area contributed by atoms with Crippen LogP contribution in [0, 0.1) is 0 Å². The molecule has 2 N–H and O–H groups in total. The van der Waals surface area contributed by atoms with Crippen LogP contribution in [-0.4, -0.2) is 39.5 Å².